The molecule has 1 aliphatic rings. The van der Waals surface area contributed by atoms with E-state index in [4.69, 9.17) is 4.74 Å². The van der Waals surface area contributed by atoms with Crippen LogP contribution in [0.3, 0.4) is 0 Å². The Labute approximate surface area is 147 Å². The van der Waals surface area contributed by atoms with Crippen LogP contribution in [0, 0.1) is 0 Å². The maximum Gasteiger partial charge on any atom is 0.261 e. The van der Waals surface area contributed by atoms with Crippen LogP contribution in [0.25, 0.3) is 0 Å². The molecule has 0 aromatic heterocycles. The molecule has 3 rings (SSSR count). The van der Waals surface area contributed by atoms with Crippen LogP contribution in [-0.2, 0) is 21.2 Å². The van der Waals surface area contributed by atoms with E-state index in [9.17, 15) is 13.2 Å². The first-order valence-corrected chi connectivity index (χ1v) is 9.40. The van der Waals surface area contributed by atoms with Crippen molar-refractivity contribution >= 4 is 27.3 Å². The van der Waals surface area contributed by atoms with E-state index in [0.717, 1.165) is 11.3 Å². The van der Waals surface area contributed by atoms with Gasteiger partial charge in [-0.15, -0.1) is 0 Å². The van der Waals surface area contributed by atoms with Gasteiger partial charge in [0.25, 0.3) is 10.0 Å². The Morgan fingerprint density at radius 3 is 2.48 bits per heavy atom. The van der Waals surface area contributed by atoms with E-state index < -0.39 is 10.0 Å². The third-order valence-corrected chi connectivity index (χ3v) is 5.64. The number of hydrogen-bond donors (Lipinski definition) is 1. The second-order valence-electron chi connectivity index (χ2n) is 6.07. The van der Waals surface area contributed by atoms with Crippen LogP contribution in [0.1, 0.15) is 19.4 Å². The van der Waals surface area contributed by atoms with Gasteiger partial charge in [0.2, 0.25) is 5.91 Å². The molecule has 0 bridgehead atoms. The average Bonchev–Trinajstić information content (AvgIpc) is 2.90. The summed E-state index contributed by atoms with van der Waals surface area (Å²) < 4.78 is 32.9. The van der Waals surface area contributed by atoms with Crippen LogP contribution in [0.4, 0.5) is 11.4 Å². The number of ether oxygens (including phenoxy) is 1. The van der Waals surface area contributed by atoms with Gasteiger partial charge in [0.15, 0.2) is 0 Å². The third kappa shape index (κ3) is 3.32. The van der Waals surface area contributed by atoms with Crippen molar-refractivity contribution in [2.75, 3.05) is 16.7 Å². The molecule has 2 aromatic carbocycles. The molecule has 0 aliphatic carbocycles. The number of hydrogen-bond acceptors (Lipinski definition) is 4. The summed E-state index contributed by atoms with van der Waals surface area (Å²) in [6.07, 6.45) is 0.640. The lowest BCUT2D eigenvalue weighted by Crippen LogP contribution is -2.33. The number of carbonyl (C=O) groups excluding carboxylic acids is 1. The average molecular weight is 360 g/mol. The molecule has 0 saturated heterocycles. The lowest BCUT2D eigenvalue weighted by Gasteiger charge is -2.20. The van der Waals surface area contributed by atoms with Crippen molar-refractivity contribution in [1.82, 2.24) is 0 Å². The van der Waals surface area contributed by atoms with E-state index >= 15 is 0 Å². The summed E-state index contributed by atoms with van der Waals surface area (Å²) in [6.45, 7) is 3.46. The molecule has 2 aromatic rings. The van der Waals surface area contributed by atoms with Crippen molar-refractivity contribution in [2.45, 2.75) is 31.2 Å². The number of fused-ring (bicyclic) bond motifs is 1. The largest absolute Gasteiger partial charge is 0.497 e. The number of nitrogens with zero attached hydrogens (tertiary/aromatic N) is 1. The zero-order valence-corrected chi connectivity index (χ0v) is 15.1. The number of rotatable bonds is 4. The van der Waals surface area contributed by atoms with E-state index in [-0.39, 0.29) is 16.8 Å². The third-order valence-electron chi connectivity index (χ3n) is 4.26. The standard InChI is InChI=1S/C18H20N2O4S/c1-12-10-14-11-17(8-9-18(14)20(12)13(2)21)25(22,23)19-15-4-6-16(24-3)7-5-15/h4-9,11-12,19H,10H2,1-3H3. The van der Waals surface area contributed by atoms with E-state index in [1.807, 2.05) is 6.92 Å². The number of nitrogens with one attached hydrogen (secondary N) is 1. The molecule has 6 nitrogen and oxygen atoms in total. The van der Waals surface area contributed by atoms with Crippen molar-refractivity contribution < 1.29 is 17.9 Å². The van der Waals surface area contributed by atoms with Crippen LogP contribution < -0.4 is 14.4 Å². The Balaban J connectivity index is 1.88. The lowest BCUT2D eigenvalue weighted by molar-refractivity contribution is -0.116. The molecule has 7 heteroatoms. The number of benzene rings is 2. The number of sulfonamides is 1. The minimum Gasteiger partial charge on any atom is -0.497 e. The van der Waals surface area contributed by atoms with E-state index in [1.54, 1.807) is 48.4 Å². The molecule has 0 saturated carbocycles. The molecule has 1 amide bonds. The van der Waals surface area contributed by atoms with Gasteiger partial charge in [0.05, 0.1) is 12.0 Å². The Morgan fingerprint density at radius 2 is 1.88 bits per heavy atom. The highest BCUT2D eigenvalue weighted by molar-refractivity contribution is 7.92. The summed E-state index contributed by atoms with van der Waals surface area (Å²) in [4.78, 5) is 13.7. The maximum atomic E-state index is 12.6. The minimum absolute atomic E-state index is 0.0278. The maximum absolute atomic E-state index is 12.6. The Bertz CT molecular complexity index is 907. The molecule has 0 spiro atoms. The molecule has 25 heavy (non-hydrogen) atoms. The van der Waals surface area contributed by atoms with Crippen molar-refractivity contribution in [1.29, 1.82) is 0 Å². The van der Waals surface area contributed by atoms with E-state index in [1.165, 1.54) is 13.0 Å². The van der Waals surface area contributed by atoms with Gasteiger partial charge in [-0.05, 0) is 61.4 Å². The second-order valence-corrected chi connectivity index (χ2v) is 7.75. The van der Waals surface area contributed by atoms with E-state index in [0.29, 0.717) is 17.9 Å². The molecule has 1 heterocycles. The van der Waals surface area contributed by atoms with Gasteiger partial charge in [-0.2, -0.15) is 0 Å². The molecule has 0 radical (unpaired) electrons. The number of methoxy groups -OCH3 is 1. The highest BCUT2D eigenvalue weighted by Gasteiger charge is 2.30. The molecule has 1 N–H and O–H groups in total. The second kappa shape index (κ2) is 6.40. The van der Waals surface area contributed by atoms with Gasteiger partial charge in [-0.25, -0.2) is 8.42 Å². The summed E-state index contributed by atoms with van der Waals surface area (Å²) in [5.74, 6) is 0.608. The summed E-state index contributed by atoms with van der Waals surface area (Å²) in [5, 5.41) is 0. The molecule has 1 atom stereocenters. The molecular weight excluding hydrogens is 340 g/mol. The number of carbonyl (C=O) groups is 1. The highest BCUT2D eigenvalue weighted by atomic mass is 32.2. The first-order chi connectivity index (χ1) is 11.8. The first-order valence-electron chi connectivity index (χ1n) is 7.91. The summed E-state index contributed by atoms with van der Waals surface area (Å²) in [6, 6.07) is 11.6. The predicted octanol–water partition coefficient (Wildman–Crippen LogP) is 2.79. The van der Waals surface area contributed by atoms with Crippen molar-refractivity contribution in [3.8, 4) is 5.75 Å². The van der Waals surface area contributed by atoms with Crippen LogP contribution in [0.5, 0.6) is 5.75 Å². The predicted molar refractivity (Wildman–Crippen MR) is 96.6 cm³/mol. The topological polar surface area (TPSA) is 75.7 Å². The van der Waals surface area contributed by atoms with Gasteiger partial charge in [-0.3, -0.25) is 9.52 Å². The minimum atomic E-state index is -3.70. The lowest BCUT2D eigenvalue weighted by atomic mass is 10.1. The van der Waals surface area contributed by atoms with Crippen molar-refractivity contribution in [2.24, 2.45) is 0 Å². The van der Waals surface area contributed by atoms with Gasteiger partial charge >= 0.3 is 0 Å². The molecule has 0 fully saturated rings. The molecule has 1 aliphatic heterocycles. The van der Waals surface area contributed by atoms with Crippen molar-refractivity contribution in [3.05, 3.63) is 48.0 Å². The fourth-order valence-corrected chi connectivity index (χ4v) is 4.24. The molecule has 1 unspecified atom stereocenters. The first kappa shape index (κ1) is 17.3. The molecular formula is C18H20N2O4S. The number of amides is 1. The normalized spacial score (nSPS) is 16.4. The summed E-state index contributed by atoms with van der Waals surface area (Å²) in [7, 11) is -2.15. The van der Waals surface area contributed by atoms with Crippen molar-refractivity contribution in [3.63, 3.8) is 0 Å². The fraction of sp³-hybridized carbons (Fsp3) is 0.278. The SMILES string of the molecule is COc1ccc(NS(=O)(=O)c2ccc3c(c2)CC(C)N3C(C)=O)cc1. The smallest absolute Gasteiger partial charge is 0.261 e. The van der Waals surface area contributed by atoms with Crippen LogP contribution in [0.2, 0.25) is 0 Å². The summed E-state index contributed by atoms with van der Waals surface area (Å²) >= 11 is 0. The zero-order valence-electron chi connectivity index (χ0n) is 14.3. The van der Waals surface area contributed by atoms with Crippen LogP contribution in [-0.4, -0.2) is 27.5 Å². The summed E-state index contributed by atoms with van der Waals surface area (Å²) in [5.41, 5.74) is 2.10. The molecule has 132 valence electrons. The van der Waals surface area contributed by atoms with Gasteiger partial charge < -0.3 is 9.64 Å². The van der Waals surface area contributed by atoms with Gasteiger partial charge in [-0.1, -0.05) is 0 Å². The monoisotopic (exact) mass is 360 g/mol. The fourth-order valence-electron chi connectivity index (χ4n) is 3.13. The Morgan fingerprint density at radius 1 is 1.20 bits per heavy atom. The van der Waals surface area contributed by atoms with Crippen LogP contribution >= 0.6 is 0 Å². The van der Waals surface area contributed by atoms with E-state index in [2.05, 4.69) is 4.72 Å². The number of anilines is 2. The van der Waals surface area contributed by atoms with Gasteiger partial charge in [0.1, 0.15) is 5.75 Å². The van der Waals surface area contributed by atoms with Gasteiger partial charge in [0, 0.05) is 24.3 Å². The quantitative estimate of drug-likeness (QED) is 0.910. The highest BCUT2D eigenvalue weighted by Crippen LogP contribution is 2.34. The van der Waals surface area contributed by atoms with Crippen LogP contribution in [0.15, 0.2) is 47.4 Å². The Kier molecular flexibility index (Phi) is 4.43. The Hall–Kier alpha value is -2.54. The zero-order chi connectivity index (χ0) is 18.2.